The second-order valence-corrected chi connectivity index (χ2v) is 7.46. The summed E-state index contributed by atoms with van der Waals surface area (Å²) in [5.41, 5.74) is 2.51. The van der Waals surface area contributed by atoms with Gasteiger partial charge in [0.2, 0.25) is 5.91 Å². The van der Waals surface area contributed by atoms with Gasteiger partial charge in [-0.2, -0.15) is 0 Å². The van der Waals surface area contributed by atoms with Crippen molar-refractivity contribution in [3.63, 3.8) is 0 Å². The molecular weight excluding hydrogens is 304 g/mol. The molecule has 0 radical (unpaired) electrons. The molecule has 132 valence electrons. The molecule has 2 atom stereocenters. The average Bonchev–Trinajstić information content (AvgIpc) is 2.94. The quantitative estimate of drug-likeness (QED) is 0.828. The number of aromatic nitrogens is 1. The molecule has 0 saturated carbocycles. The van der Waals surface area contributed by atoms with Crippen LogP contribution in [0.1, 0.15) is 69.7 Å². The van der Waals surface area contributed by atoms with Crippen LogP contribution in [0, 0.1) is 25.7 Å². The van der Waals surface area contributed by atoms with Crippen molar-refractivity contribution < 1.29 is 15.7 Å². The highest BCUT2D eigenvalue weighted by atomic mass is 16.6. The summed E-state index contributed by atoms with van der Waals surface area (Å²) in [5, 5.41) is 2.84. The molecule has 1 amide bonds. The molecule has 1 saturated heterocycles. The number of aromatic amines is 1. The van der Waals surface area contributed by atoms with E-state index in [1.165, 1.54) is 0 Å². The van der Waals surface area contributed by atoms with Crippen LogP contribution in [0.25, 0.3) is 6.05 Å². The number of hydrogen-bond donors (Lipinski definition) is 2. The number of carbonyl (C=O) groups excluding carboxylic acids is 2. The van der Waals surface area contributed by atoms with E-state index in [-0.39, 0.29) is 23.8 Å². The van der Waals surface area contributed by atoms with E-state index in [0.29, 0.717) is 17.1 Å². The number of allylic oxidation sites excluding steroid dienone is 1. The van der Waals surface area contributed by atoms with Gasteiger partial charge in [0.1, 0.15) is 11.3 Å². The van der Waals surface area contributed by atoms with Gasteiger partial charge in [-0.25, -0.2) is 4.79 Å². The molecule has 2 heterocycles. The van der Waals surface area contributed by atoms with Crippen molar-refractivity contribution in [1.82, 2.24) is 10.3 Å². The van der Waals surface area contributed by atoms with Crippen molar-refractivity contribution >= 4 is 17.9 Å². The average molecular weight is 333 g/mol. The van der Waals surface area contributed by atoms with E-state index in [1.54, 1.807) is 0 Å². The zero-order chi connectivity index (χ0) is 19.1. The van der Waals surface area contributed by atoms with Crippen molar-refractivity contribution in [3.05, 3.63) is 28.2 Å². The van der Waals surface area contributed by atoms with Crippen LogP contribution in [0.3, 0.4) is 0 Å². The van der Waals surface area contributed by atoms with E-state index in [9.17, 15) is 9.59 Å². The lowest BCUT2D eigenvalue weighted by Gasteiger charge is -2.19. The lowest BCUT2D eigenvalue weighted by molar-refractivity contribution is -0.122. The number of nitrogens with one attached hydrogen (secondary N) is 2. The van der Waals surface area contributed by atoms with E-state index >= 15 is 0 Å². The summed E-state index contributed by atoms with van der Waals surface area (Å²) < 4.78 is 14.0. The first-order valence-corrected chi connectivity index (χ1v) is 8.42. The van der Waals surface area contributed by atoms with Crippen LogP contribution in [-0.4, -0.2) is 22.5 Å². The predicted molar refractivity (Wildman–Crippen MR) is 94.5 cm³/mol. The van der Waals surface area contributed by atoms with Gasteiger partial charge >= 0.3 is 5.97 Å². The summed E-state index contributed by atoms with van der Waals surface area (Å²) in [6, 6.07) is 0.229. The van der Waals surface area contributed by atoms with Crippen molar-refractivity contribution in [1.29, 1.82) is 0 Å². The molecule has 1 fully saturated rings. The van der Waals surface area contributed by atoms with Gasteiger partial charge in [0.25, 0.3) is 0 Å². The first kappa shape index (κ1) is 16.8. The Balaban J connectivity index is 2.44. The summed E-state index contributed by atoms with van der Waals surface area (Å²) in [4.78, 5) is 27.5. The molecule has 0 aromatic carbocycles. The highest BCUT2D eigenvalue weighted by molar-refractivity contribution is 5.91. The van der Waals surface area contributed by atoms with E-state index in [4.69, 9.17) is 6.11 Å². The van der Waals surface area contributed by atoms with Crippen molar-refractivity contribution in [2.75, 3.05) is 0 Å². The maximum Gasteiger partial charge on any atom is 0.355 e. The van der Waals surface area contributed by atoms with Crippen LogP contribution in [0.5, 0.6) is 0 Å². The first-order valence-electron chi connectivity index (χ1n) is 8.92. The minimum atomic E-state index is -0.590. The molecule has 5 heteroatoms. The zero-order valence-electron chi connectivity index (χ0n) is 16.6. The Kier molecular flexibility index (Phi) is 4.52. The Morgan fingerprint density at radius 3 is 2.46 bits per heavy atom. The minimum Gasteiger partial charge on any atom is -0.455 e. The summed E-state index contributed by atoms with van der Waals surface area (Å²) in [5.74, 6) is -0.634. The van der Waals surface area contributed by atoms with Gasteiger partial charge in [0, 0.05) is 23.2 Å². The SMILES string of the molecule is [2H]/C(=C1/NC(=O)[C@H](CC)[C@H]1C)c1[nH]c(C(=O)OC(C)(C)C)c(C)c1C. The van der Waals surface area contributed by atoms with Crippen LogP contribution >= 0.6 is 0 Å². The lowest BCUT2D eigenvalue weighted by Crippen LogP contribution is -2.24. The van der Waals surface area contributed by atoms with Crippen molar-refractivity contribution in [3.8, 4) is 0 Å². The predicted octanol–water partition coefficient (Wildman–Crippen LogP) is 3.72. The maximum absolute atomic E-state index is 12.4. The topological polar surface area (TPSA) is 71.2 Å². The largest absolute Gasteiger partial charge is 0.455 e. The molecule has 24 heavy (non-hydrogen) atoms. The molecule has 2 rings (SSSR count). The smallest absolute Gasteiger partial charge is 0.355 e. The highest BCUT2D eigenvalue weighted by Gasteiger charge is 2.34. The van der Waals surface area contributed by atoms with E-state index in [0.717, 1.165) is 17.5 Å². The number of ether oxygens (including phenoxy) is 1. The molecule has 2 N–H and O–H groups in total. The Labute approximate surface area is 145 Å². The fourth-order valence-electron chi connectivity index (χ4n) is 2.93. The monoisotopic (exact) mass is 333 g/mol. The van der Waals surface area contributed by atoms with Gasteiger partial charge in [-0.05, 0) is 58.2 Å². The van der Waals surface area contributed by atoms with Gasteiger partial charge in [-0.3, -0.25) is 4.79 Å². The molecule has 0 bridgehead atoms. The molecule has 5 nitrogen and oxygen atoms in total. The number of carbonyl (C=O) groups is 2. The normalized spacial score (nSPS) is 23.8. The highest BCUT2D eigenvalue weighted by Crippen LogP contribution is 2.31. The molecule has 1 aromatic rings. The molecule has 1 aliphatic heterocycles. The van der Waals surface area contributed by atoms with Crippen LogP contribution in [0.15, 0.2) is 5.70 Å². The standard InChI is InChI=1S/C19H28N2O3/c1-8-13-12(4)15(21-17(13)22)9-14-10(2)11(3)16(20-14)18(23)24-19(5,6)7/h9,12-13,20H,8H2,1-7H3,(H,21,22)/b15-9-/t12-,13-/m1/s1/i9D. The summed E-state index contributed by atoms with van der Waals surface area (Å²) >= 11 is 0. The molecular formula is C19H28N2O3. The molecule has 1 aliphatic rings. The van der Waals surface area contributed by atoms with Crippen LogP contribution in [0.4, 0.5) is 0 Å². The Bertz CT molecular complexity index is 741. The molecule has 0 unspecified atom stereocenters. The van der Waals surface area contributed by atoms with Gasteiger partial charge in [0.15, 0.2) is 0 Å². The van der Waals surface area contributed by atoms with Crippen molar-refractivity contribution in [2.45, 2.75) is 60.5 Å². The number of rotatable bonds is 3. The summed E-state index contributed by atoms with van der Waals surface area (Å²) in [6.45, 7) is 13.1. The molecule has 1 aromatic heterocycles. The van der Waals surface area contributed by atoms with E-state index in [1.807, 2.05) is 48.5 Å². The second kappa shape index (κ2) is 6.46. The van der Waals surface area contributed by atoms with Crippen LogP contribution < -0.4 is 5.32 Å². The number of esters is 1. The van der Waals surface area contributed by atoms with Crippen LogP contribution in [0.2, 0.25) is 0 Å². The van der Waals surface area contributed by atoms with Gasteiger partial charge in [-0.1, -0.05) is 13.8 Å². The minimum absolute atomic E-state index is 0.0388. The van der Waals surface area contributed by atoms with Gasteiger partial charge in [0.05, 0.1) is 1.37 Å². The maximum atomic E-state index is 12.4. The Hall–Kier alpha value is -2.04. The lowest BCUT2D eigenvalue weighted by atomic mass is 9.92. The van der Waals surface area contributed by atoms with Gasteiger partial charge in [-0.15, -0.1) is 0 Å². The third kappa shape index (κ3) is 3.55. The van der Waals surface area contributed by atoms with E-state index in [2.05, 4.69) is 10.3 Å². The third-order valence-electron chi connectivity index (χ3n) is 4.52. The number of hydrogen-bond acceptors (Lipinski definition) is 3. The molecule has 0 aliphatic carbocycles. The number of H-pyrrole nitrogens is 1. The Morgan fingerprint density at radius 1 is 1.33 bits per heavy atom. The Morgan fingerprint density at radius 2 is 1.96 bits per heavy atom. The molecule has 0 spiro atoms. The zero-order valence-corrected chi connectivity index (χ0v) is 15.6. The number of amides is 1. The fraction of sp³-hybridized carbons (Fsp3) is 0.579. The van der Waals surface area contributed by atoms with Crippen LogP contribution in [-0.2, 0) is 9.53 Å². The summed E-state index contributed by atoms with van der Waals surface area (Å²) in [6.07, 6.45) is 0.732. The third-order valence-corrected chi connectivity index (χ3v) is 4.52. The van der Waals surface area contributed by atoms with Crippen molar-refractivity contribution in [2.24, 2.45) is 11.8 Å². The first-order chi connectivity index (χ1) is 11.5. The second-order valence-electron chi connectivity index (χ2n) is 7.46. The van der Waals surface area contributed by atoms with E-state index < -0.39 is 11.6 Å². The fourth-order valence-corrected chi connectivity index (χ4v) is 2.93. The van der Waals surface area contributed by atoms with Gasteiger partial charge < -0.3 is 15.0 Å². The summed E-state index contributed by atoms with van der Waals surface area (Å²) in [7, 11) is 0.